The van der Waals surface area contributed by atoms with Gasteiger partial charge in [-0.1, -0.05) is 6.08 Å². The molecule has 3 aromatic rings. The Kier molecular flexibility index (Phi) is 6.42. The highest BCUT2D eigenvalue weighted by Crippen LogP contribution is 2.34. The molecule has 0 saturated heterocycles. The topological polar surface area (TPSA) is 84.7 Å². The summed E-state index contributed by atoms with van der Waals surface area (Å²) in [4.78, 5) is 49.6. The lowest BCUT2D eigenvalue weighted by Crippen LogP contribution is -2.39. The number of carbonyl (C=O) groups excluding carboxylic acids is 2. The second kappa shape index (κ2) is 9.15. The van der Waals surface area contributed by atoms with Gasteiger partial charge in [-0.25, -0.2) is 4.98 Å². The highest BCUT2D eigenvalue weighted by molar-refractivity contribution is 7.18. The summed E-state index contributed by atoms with van der Waals surface area (Å²) in [5.74, 6) is 0.623. The van der Waals surface area contributed by atoms with Crippen molar-refractivity contribution in [2.75, 3.05) is 32.1 Å². The van der Waals surface area contributed by atoms with Gasteiger partial charge >= 0.3 is 0 Å². The molecular weight excluding hydrogens is 452 g/mol. The lowest BCUT2D eigenvalue weighted by molar-refractivity contribution is -0.121. The van der Waals surface area contributed by atoms with Gasteiger partial charge in [-0.2, -0.15) is 0 Å². The van der Waals surface area contributed by atoms with E-state index in [1.165, 1.54) is 15.9 Å². The summed E-state index contributed by atoms with van der Waals surface area (Å²) in [7, 11) is 3.79. The summed E-state index contributed by atoms with van der Waals surface area (Å²) in [5, 5.41) is 0.561. The number of hydrogen-bond donors (Lipinski definition) is 0. The summed E-state index contributed by atoms with van der Waals surface area (Å²) in [6, 6.07) is 4.22. The number of ether oxygens (including phenoxy) is 1. The lowest BCUT2D eigenvalue weighted by Gasteiger charge is -2.29. The number of hydrogen-bond acceptors (Lipinski definition) is 7. The second-order valence-corrected chi connectivity index (χ2v) is 9.91. The summed E-state index contributed by atoms with van der Waals surface area (Å²) >= 11 is 1.49. The van der Waals surface area contributed by atoms with Crippen LogP contribution in [0.25, 0.3) is 10.2 Å². The Morgan fingerprint density at radius 3 is 2.74 bits per heavy atom. The first kappa shape index (κ1) is 23.8. The van der Waals surface area contributed by atoms with Gasteiger partial charge in [0.15, 0.2) is 12.4 Å². The van der Waals surface area contributed by atoms with Crippen LogP contribution in [-0.2, 0) is 11.3 Å². The first-order valence-electron chi connectivity index (χ1n) is 11.0. The zero-order valence-corrected chi connectivity index (χ0v) is 20.9. The third kappa shape index (κ3) is 4.05. The Labute approximate surface area is 202 Å². The zero-order valence-electron chi connectivity index (χ0n) is 20.0. The van der Waals surface area contributed by atoms with Gasteiger partial charge in [-0.3, -0.25) is 19.0 Å². The van der Waals surface area contributed by atoms with Crippen LogP contribution in [-0.4, -0.2) is 53.4 Å². The van der Waals surface area contributed by atoms with Crippen LogP contribution in [0.15, 0.2) is 35.6 Å². The number of aromatic nitrogens is 2. The fourth-order valence-corrected chi connectivity index (χ4v) is 5.22. The van der Waals surface area contributed by atoms with Crippen molar-refractivity contribution in [2.24, 2.45) is 0 Å². The Hall–Kier alpha value is -3.30. The Balaban J connectivity index is 1.82. The van der Waals surface area contributed by atoms with Crippen LogP contribution in [0.3, 0.4) is 0 Å². The van der Waals surface area contributed by atoms with E-state index in [0.29, 0.717) is 46.1 Å². The number of fused-ring (bicyclic) bond motifs is 2. The molecule has 1 aliphatic heterocycles. The summed E-state index contributed by atoms with van der Waals surface area (Å²) in [5.41, 5.74) is 1.59. The number of ketones is 1. The molecule has 9 heteroatoms. The zero-order chi connectivity index (χ0) is 24.7. The quantitative estimate of drug-likeness (QED) is 0.380. The number of carbonyl (C=O) groups is 2. The van der Waals surface area contributed by atoms with Gasteiger partial charge in [-0.05, 0) is 58.6 Å². The van der Waals surface area contributed by atoms with Crippen molar-refractivity contribution in [3.05, 3.63) is 63.0 Å². The number of aryl methyl sites for hydroxylation is 2. The van der Waals surface area contributed by atoms with Crippen molar-refractivity contribution >= 4 is 38.9 Å². The molecule has 1 unspecified atom stereocenters. The molecule has 178 valence electrons. The SMILES string of the molecule is C=CCN1C(=O)COc2ccc(C(=O)C(C)n3c(CN(C)C)nc4sc(C)c(C)c4c3=O)cc21. The molecule has 1 aromatic carbocycles. The highest BCUT2D eigenvalue weighted by Gasteiger charge is 2.29. The van der Waals surface area contributed by atoms with E-state index in [9.17, 15) is 14.4 Å². The van der Waals surface area contributed by atoms with Crippen molar-refractivity contribution in [3.63, 3.8) is 0 Å². The summed E-state index contributed by atoms with van der Waals surface area (Å²) < 4.78 is 7.04. The van der Waals surface area contributed by atoms with E-state index in [4.69, 9.17) is 9.72 Å². The Morgan fingerprint density at radius 2 is 2.06 bits per heavy atom. The maximum absolute atomic E-state index is 13.6. The average molecular weight is 481 g/mol. The molecule has 0 fully saturated rings. The van der Waals surface area contributed by atoms with Crippen LogP contribution in [0.1, 0.15) is 39.6 Å². The van der Waals surface area contributed by atoms with Gasteiger partial charge in [-0.15, -0.1) is 17.9 Å². The van der Waals surface area contributed by atoms with Gasteiger partial charge in [0.25, 0.3) is 11.5 Å². The van der Waals surface area contributed by atoms with Crippen molar-refractivity contribution in [1.82, 2.24) is 14.5 Å². The van der Waals surface area contributed by atoms with Gasteiger partial charge in [0.2, 0.25) is 0 Å². The largest absolute Gasteiger partial charge is 0.482 e. The van der Waals surface area contributed by atoms with Crippen LogP contribution in [0.2, 0.25) is 0 Å². The first-order chi connectivity index (χ1) is 16.1. The number of Topliss-reactive ketones (excluding diaryl/α,β-unsaturated/α-hetero) is 1. The second-order valence-electron chi connectivity index (χ2n) is 8.71. The van der Waals surface area contributed by atoms with E-state index in [1.54, 1.807) is 36.1 Å². The number of anilines is 1. The van der Waals surface area contributed by atoms with E-state index in [0.717, 1.165) is 10.4 Å². The van der Waals surface area contributed by atoms with Crippen LogP contribution < -0.4 is 15.2 Å². The third-order valence-corrected chi connectivity index (χ3v) is 7.13. The normalized spacial score (nSPS) is 14.3. The van der Waals surface area contributed by atoms with Gasteiger partial charge in [0.1, 0.15) is 16.4 Å². The minimum absolute atomic E-state index is 0.0566. The molecule has 1 atom stereocenters. The van der Waals surface area contributed by atoms with Crippen LogP contribution in [0.5, 0.6) is 5.75 Å². The van der Waals surface area contributed by atoms with E-state index in [1.807, 2.05) is 32.8 Å². The van der Waals surface area contributed by atoms with Gasteiger partial charge < -0.3 is 14.5 Å². The predicted octanol–water partition coefficient (Wildman–Crippen LogP) is 3.49. The van der Waals surface area contributed by atoms with E-state index in [-0.39, 0.29) is 23.9 Å². The van der Waals surface area contributed by atoms with Crippen LogP contribution in [0, 0.1) is 13.8 Å². The minimum atomic E-state index is -0.787. The van der Waals surface area contributed by atoms with Crippen molar-refractivity contribution in [2.45, 2.75) is 33.4 Å². The van der Waals surface area contributed by atoms with Crippen LogP contribution >= 0.6 is 11.3 Å². The lowest BCUT2D eigenvalue weighted by atomic mass is 10.0. The monoisotopic (exact) mass is 480 g/mol. The molecule has 0 N–H and O–H groups in total. The molecule has 0 spiro atoms. The third-order valence-electron chi connectivity index (χ3n) is 6.03. The molecule has 0 saturated carbocycles. The maximum atomic E-state index is 13.6. The van der Waals surface area contributed by atoms with E-state index < -0.39 is 6.04 Å². The van der Waals surface area contributed by atoms with Crippen molar-refractivity contribution in [3.8, 4) is 5.75 Å². The predicted molar refractivity (Wildman–Crippen MR) is 134 cm³/mol. The molecule has 4 rings (SSSR count). The number of thiophene rings is 1. The van der Waals surface area contributed by atoms with Gasteiger partial charge in [0.05, 0.1) is 23.7 Å². The molecule has 2 aromatic heterocycles. The molecule has 8 nitrogen and oxygen atoms in total. The standard InChI is InChI=1S/C25H28N4O4S/c1-7-10-28-18-11-17(8-9-19(18)33-13-21(28)30)23(31)15(3)29-20(12-27(5)6)26-24-22(25(29)32)14(2)16(4)34-24/h7-9,11,15H,1,10,12-13H2,2-6H3. The number of nitrogens with zero attached hydrogens (tertiary/aromatic N) is 4. The molecule has 1 amide bonds. The maximum Gasteiger partial charge on any atom is 0.265 e. The fourth-order valence-electron chi connectivity index (χ4n) is 4.19. The Bertz CT molecular complexity index is 1370. The molecule has 1 aliphatic rings. The fraction of sp³-hybridized carbons (Fsp3) is 0.360. The molecule has 3 heterocycles. The first-order valence-corrected chi connectivity index (χ1v) is 11.8. The number of amides is 1. The summed E-state index contributed by atoms with van der Waals surface area (Å²) in [6.07, 6.45) is 1.63. The van der Waals surface area contributed by atoms with Crippen molar-refractivity contribution in [1.29, 1.82) is 0 Å². The minimum Gasteiger partial charge on any atom is -0.482 e. The molecular formula is C25H28N4O4S. The van der Waals surface area contributed by atoms with E-state index >= 15 is 0 Å². The van der Waals surface area contributed by atoms with E-state index in [2.05, 4.69) is 6.58 Å². The average Bonchev–Trinajstić information content (AvgIpc) is 3.07. The highest BCUT2D eigenvalue weighted by atomic mass is 32.1. The van der Waals surface area contributed by atoms with Crippen LogP contribution in [0.4, 0.5) is 5.69 Å². The smallest absolute Gasteiger partial charge is 0.265 e. The molecule has 0 aliphatic carbocycles. The van der Waals surface area contributed by atoms with Crippen molar-refractivity contribution < 1.29 is 14.3 Å². The molecule has 0 radical (unpaired) electrons. The van der Waals surface area contributed by atoms with Gasteiger partial charge in [0, 0.05) is 17.0 Å². The molecule has 0 bridgehead atoms. The Morgan fingerprint density at radius 1 is 1.32 bits per heavy atom. The number of rotatable bonds is 7. The summed E-state index contributed by atoms with van der Waals surface area (Å²) in [6.45, 7) is 9.98. The number of benzene rings is 1. The molecule has 34 heavy (non-hydrogen) atoms.